The third-order valence-corrected chi connectivity index (χ3v) is 1.99. The van der Waals surface area contributed by atoms with Crippen molar-refractivity contribution in [2.75, 3.05) is 0 Å². The van der Waals surface area contributed by atoms with Crippen LogP contribution in [0, 0.1) is 5.82 Å². The summed E-state index contributed by atoms with van der Waals surface area (Å²) >= 11 is 0. The van der Waals surface area contributed by atoms with E-state index in [1.165, 1.54) is 12.3 Å². The van der Waals surface area contributed by atoms with Gasteiger partial charge in [-0.2, -0.15) is 5.26 Å². The van der Waals surface area contributed by atoms with E-state index in [0.717, 1.165) is 6.07 Å². The third kappa shape index (κ3) is 1.64. The van der Waals surface area contributed by atoms with E-state index in [2.05, 4.69) is 9.87 Å². The molecule has 4 nitrogen and oxygen atoms in total. The van der Waals surface area contributed by atoms with Crippen LogP contribution in [0.3, 0.4) is 0 Å². The maximum Gasteiger partial charge on any atom is 0.375 e. The molecular formula is C10H6FNO3. The van der Waals surface area contributed by atoms with Gasteiger partial charge in [0, 0.05) is 17.6 Å². The van der Waals surface area contributed by atoms with Gasteiger partial charge in [-0.15, -0.1) is 0 Å². The summed E-state index contributed by atoms with van der Waals surface area (Å²) < 4.78 is 13.3. The van der Waals surface area contributed by atoms with Gasteiger partial charge in [0.25, 0.3) is 0 Å². The Kier molecular flexibility index (Phi) is 2.31. The van der Waals surface area contributed by atoms with Gasteiger partial charge < -0.3 is 0 Å². The van der Waals surface area contributed by atoms with Gasteiger partial charge in [-0.05, 0) is 12.1 Å². The van der Waals surface area contributed by atoms with E-state index in [0.29, 0.717) is 10.9 Å². The molecule has 0 aliphatic rings. The van der Waals surface area contributed by atoms with Crippen LogP contribution in [0.5, 0.6) is 0 Å². The number of rotatable bonds is 1. The molecule has 1 aromatic carbocycles. The fourth-order valence-corrected chi connectivity index (χ4v) is 1.30. The van der Waals surface area contributed by atoms with Crippen molar-refractivity contribution in [2.24, 2.45) is 0 Å². The number of fused-ring (bicyclic) bond motifs is 1. The number of pyridine rings is 1. The first-order chi connectivity index (χ1) is 7.22. The summed E-state index contributed by atoms with van der Waals surface area (Å²) in [5.74, 6) is -1.90. The lowest BCUT2D eigenvalue weighted by Gasteiger charge is -2.01. The van der Waals surface area contributed by atoms with Crippen LogP contribution >= 0.6 is 0 Å². The number of carbonyl (C=O) groups is 1. The van der Waals surface area contributed by atoms with Gasteiger partial charge in [0.2, 0.25) is 0 Å². The van der Waals surface area contributed by atoms with E-state index in [9.17, 15) is 9.18 Å². The van der Waals surface area contributed by atoms with Gasteiger partial charge >= 0.3 is 5.97 Å². The first-order valence-electron chi connectivity index (χ1n) is 4.12. The Morgan fingerprint density at radius 3 is 3.00 bits per heavy atom. The summed E-state index contributed by atoms with van der Waals surface area (Å²) in [5.41, 5.74) is 0.113. The number of carbonyl (C=O) groups excluding carboxylic acids is 1. The van der Waals surface area contributed by atoms with Crippen LogP contribution < -0.4 is 0 Å². The minimum absolute atomic E-state index is 0.321. The highest BCUT2D eigenvalue weighted by Crippen LogP contribution is 2.17. The van der Waals surface area contributed by atoms with Crippen molar-refractivity contribution in [1.29, 1.82) is 0 Å². The van der Waals surface area contributed by atoms with Crippen molar-refractivity contribution in [2.45, 2.75) is 0 Å². The zero-order valence-corrected chi connectivity index (χ0v) is 7.48. The first-order valence-corrected chi connectivity index (χ1v) is 4.12. The fourth-order valence-electron chi connectivity index (χ4n) is 1.30. The van der Waals surface area contributed by atoms with Crippen LogP contribution in [-0.2, 0) is 4.89 Å². The Labute approximate surface area is 83.9 Å². The van der Waals surface area contributed by atoms with Crippen LogP contribution in [0.1, 0.15) is 10.4 Å². The van der Waals surface area contributed by atoms with Gasteiger partial charge in [-0.1, -0.05) is 6.07 Å². The predicted octanol–water partition coefficient (Wildman–Crippen LogP) is 2.00. The van der Waals surface area contributed by atoms with E-state index in [1.807, 2.05) is 0 Å². The molecule has 15 heavy (non-hydrogen) atoms. The lowest BCUT2D eigenvalue weighted by molar-refractivity contribution is -0.183. The number of nitrogens with zero attached hydrogens (tertiary/aromatic N) is 1. The molecule has 0 saturated carbocycles. The quantitative estimate of drug-likeness (QED) is 0.574. The highest BCUT2D eigenvalue weighted by Gasteiger charge is 2.14. The molecule has 2 aromatic rings. The standard InChI is InChI=1S/C10H6FNO3/c11-8-5-9-6(2-1-3-12-9)4-7(8)10(13)15-14/h1-5,14H. The van der Waals surface area contributed by atoms with Crippen molar-refractivity contribution in [3.8, 4) is 0 Å². The van der Waals surface area contributed by atoms with Gasteiger partial charge in [0.1, 0.15) is 5.82 Å². The van der Waals surface area contributed by atoms with Crippen molar-refractivity contribution in [1.82, 2.24) is 4.98 Å². The first kappa shape index (κ1) is 9.54. The molecule has 1 aromatic heterocycles. The average Bonchev–Trinajstić information content (AvgIpc) is 2.27. The molecular weight excluding hydrogens is 201 g/mol. The number of benzene rings is 1. The van der Waals surface area contributed by atoms with E-state index in [4.69, 9.17) is 5.26 Å². The lowest BCUT2D eigenvalue weighted by Crippen LogP contribution is -2.04. The number of halogens is 1. The molecule has 0 amide bonds. The molecule has 0 radical (unpaired) electrons. The molecule has 1 heterocycles. The van der Waals surface area contributed by atoms with E-state index in [1.54, 1.807) is 12.1 Å². The summed E-state index contributed by atoms with van der Waals surface area (Å²) in [6, 6.07) is 5.72. The minimum Gasteiger partial charge on any atom is -0.295 e. The second-order valence-electron chi connectivity index (χ2n) is 2.91. The highest BCUT2D eigenvalue weighted by molar-refractivity contribution is 5.94. The molecule has 0 spiro atoms. The zero-order valence-electron chi connectivity index (χ0n) is 7.48. The second-order valence-corrected chi connectivity index (χ2v) is 2.91. The summed E-state index contributed by atoms with van der Waals surface area (Å²) in [4.78, 5) is 18.3. The second kappa shape index (κ2) is 3.62. The molecule has 0 atom stereocenters. The zero-order chi connectivity index (χ0) is 10.8. The summed E-state index contributed by atoms with van der Waals surface area (Å²) in [6.07, 6.45) is 1.52. The number of hydrogen-bond donors (Lipinski definition) is 1. The molecule has 0 saturated heterocycles. The Bertz CT molecular complexity index is 527. The summed E-state index contributed by atoms with van der Waals surface area (Å²) in [5, 5.41) is 8.75. The molecule has 76 valence electrons. The monoisotopic (exact) mass is 207 g/mol. The highest BCUT2D eigenvalue weighted by atomic mass is 19.1. The van der Waals surface area contributed by atoms with Crippen LogP contribution in [0.15, 0.2) is 30.5 Å². The van der Waals surface area contributed by atoms with Crippen molar-refractivity contribution >= 4 is 16.9 Å². The SMILES string of the molecule is O=C(OO)c1cc2cccnc2cc1F. The molecule has 0 fully saturated rings. The molecule has 0 bridgehead atoms. The van der Waals surface area contributed by atoms with Crippen molar-refractivity contribution in [3.63, 3.8) is 0 Å². The normalized spacial score (nSPS) is 10.3. The smallest absolute Gasteiger partial charge is 0.295 e. The maximum atomic E-state index is 13.3. The fraction of sp³-hybridized carbons (Fsp3) is 0. The van der Waals surface area contributed by atoms with E-state index in [-0.39, 0.29) is 5.56 Å². The van der Waals surface area contributed by atoms with Crippen molar-refractivity contribution < 1.29 is 19.3 Å². The van der Waals surface area contributed by atoms with E-state index >= 15 is 0 Å². The van der Waals surface area contributed by atoms with Crippen LogP contribution in [0.25, 0.3) is 10.9 Å². The molecule has 0 aliphatic heterocycles. The lowest BCUT2D eigenvalue weighted by atomic mass is 10.1. The minimum atomic E-state index is -1.13. The molecule has 1 N–H and O–H groups in total. The Hall–Kier alpha value is -2.01. The van der Waals surface area contributed by atoms with Gasteiger partial charge in [0.15, 0.2) is 0 Å². The number of aromatic nitrogens is 1. The molecule has 2 rings (SSSR count). The Morgan fingerprint density at radius 1 is 1.47 bits per heavy atom. The molecule has 5 heteroatoms. The average molecular weight is 207 g/mol. The number of hydrogen-bond acceptors (Lipinski definition) is 4. The molecule has 0 aliphatic carbocycles. The Balaban J connectivity index is 2.67. The summed E-state index contributed by atoms with van der Waals surface area (Å²) in [6.45, 7) is 0. The molecule has 0 unspecified atom stereocenters. The van der Waals surface area contributed by atoms with Crippen LogP contribution in [-0.4, -0.2) is 16.2 Å². The van der Waals surface area contributed by atoms with Crippen LogP contribution in [0.4, 0.5) is 4.39 Å². The third-order valence-electron chi connectivity index (χ3n) is 1.99. The topological polar surface area (TPSA) is 59.4 Å². The predicted molar refractivity (Wildman–Crippen MR) is 49.7 cm³/mol. The Morgan fingerprint density at radius 2 is 2.27 bits per heavy atom. The van der Waals surface area contributed by atoms with Gasteiger partial charge in [-0.25, -0.2) is 9.18 Å². The summed E-state index contributed by atoms with van der Waals surface area (Å²) in [7, 11) is 0. The van der Waals surface area contributed by atoms with Gasteiger partial charge in [0.05, 0.1) is 11.1 Å². The maximum absolute atomic E-state index is 13.3. The largest absolute Gasteiger partial charge is 0.375 e. The van der Waals surface area contributed by atoms with Crippen molar-refractivity contribution in [3.05, 3.63) is 41.8 Å². The van der Waals surface area contributed by atoms with E-state index < -0.39 is 11.8 Å². The van der Waals surface area contributed by atoms with Gasteiger partial charge in [-0.3, -0.25) is 9.87 Å². The van der Waals surface area contributed by atoms with Crippen LogP contribution in [0.2, 0.25) is 0 Å².